The minimum atomic E-state index is -0.285. The molecule has 1 aromatic heterocycles. The first kappa shape index (κ1) is 14.1. The molecule has 0 bridgehead atoms. The van der Waals surface area contributed by atoms with Gasteiger partial charge in [0.25, 0.3) is 0 Å². The Morgan fingerprint density at radius 2 is 2.00 bits per heavy atom. The molecule has 2 N–H and O–H groups in total. The first-order valence-electron chi connectivity index (χ1n) is 6.41. The van der Waals surface area contributed by atoms with Crippen LogP contribution in [0.4, 0.5) is 4.79 Å². The van der Waals surface area contributed by atoms with Crippen LogP contribution in [0.1, 0.15) is 17.4 Å². The van der Waals surface area contributed by atoms with Crippen LogP contribution >= 0.6 is 0 Å². The Labute approximate surface area is 117 Å². The number of ether oxygens (including phenoxy) is 1. The normalized spacial score (nSPS) is 11.8. The van der Waals surface area contributed by atoms with E-state index in [-0.39, 0.29) is 12.1 Å². The van der Waals surface area contributed by atoms with Gasteiger partial charge >= 0.3 is 6.03 Å². The second kappa shape index (κ2) is 7.35. The first-order valence-corrected chi connectivity index (χ1v) is 6.41. The van der Waals surface area contributed by atoms with Gasteiger partial charge in [-0.15, -0.1) is 0 Å². The maximum absolute atomic E-state index is 11.7. The maximum Gasteiger partial charge on any atom is 0.315 e. The van der Waals surface area contributed by atoms with Crippen molar-refractivity contribution in [3.63, 3.8) is 0 Å². The van der Waals surface area contributed by atoms with E-state index >= 15 is 0 Å². The molecule has 0 radical (unpaired) electrons. The van der Waals surface area contributed by atoms with Crippen LogP contribution in [0, 0.1) is 0 Å². The lowest BCUT2D eigenvalue weighted by Gasteiger charge is -2.14. The van der Waals surface area contributed by atoms with Crippen molar-refractivity contribution in [3.8, 4) is 0 Å². The number of carbonyl (C=O) groups excluding carboxylic acids is 1. The third-order valence-electron chi connectivity index (χ3n) is 2.89. The van der Waals surface area contributed by atoms with E-state index in [1.54, 1.807) is 19.4 Å². The molecule has 0 unspecified atom stereocenters. The Morgan fingerprint density at radius 1 is 1.20 bits per heavy atom. The monoisotopic (exact) mass is 274 g/mol. The van der Waals surface area contributed by atoms with Crippen molar-refractivity contribution < 1.29 is 13.9 Å². The predicted molar refractivity (Wildman–Crippen MR) is 75.1 cm³/mol. The van der Waals surface area contributed by atoms with E-state index in [9.17, 15) is 4.79 Å². The summed E-state index contributed by atoms with van der Waals surface area (Å²) in [5, 5.41) is 5.54. The summed E-state index contributed by atoms with van der Waals surface area (Å²) >= 11 is 0. The number of methoxy groups -OCH3 is 1. The molecule has 0 aliphatic rings. The van der Waals surface area contributed by atoms with Crippen LogP contribution in [0.25, 0.3) is 0 Å². The van der Waals surface area contributed by atoms with Gasteiger partial charge in [-0.3, -0.25) is 0 Å². The number of hydrogen-bond acceptors (Lipinski definition) is 3. The lowest BCUT2D eigenvalue weighted by molar-refractivity contribution is 0.0850. The van der Waals surface area contributed by atoms with Crippen LogP contribution in [0.15, 0.2) is 53.1 Å². The Balaban J connectivity index is 1.74. The van der Waals surface area contributed by atoms with Gasteiger partial charge in [0.15, 0.2) is 0 Å². The summed E-state index contributed by atoms with van der Waals surface area (Å²) in [6.07, 6.45) is 1.30. The third kappa shape index (κ3) is 4.13. The third-order valence-corrected chi connectivity index (χ3v) is 2.89. The van der Waals surface area contributed by atoms with E-state index in [4.69, 9.17) is 9.15 Å². The molecule has 0 fully saturated rings. The molecule has 5 nitrogen and oxygen atoms in total. The van der Waals surface area contributed by atoms with Crippen molar-refractivity contribution in [3.05, 3.63) is 60.1 Å². The van der Waals surface area contributed by atoms with Crippen molar-refractivity contribution in [1.29, 1.82) is 0 Å². The van der Waals surface area contributed by atoms with Gasteiger partial charge in [-0.25, -0.2) is 4.79 Å². The van der Waals surface area contributed by atoms with Crippen molar-refractivity contribution in [2.24, 2.45) is 0 Å². The molecule has 5 heteroatoms. The lowest BCUT2D eigenvalue weighted by Crippen LogP contribution is -2.37. The fourth-order valence-corrected chi connectivity index (χ4v) is 1.80. The number of nitrogens with one attached hydrogen (secondary N) is 2. The van der Waals surface area contributed by atoms with E-state index in [2.05, 4.69) is 10.6 Å². The Kier molecular flexibility index (Phi) is 5.20. The fraction of sp³-hybridized carbons (Fsp3) is 0.267. The van der Waals surface area contributed by atoms with Crippen LogP contribution in [-0.2, 0) is 11.3 Å². The molecule has 2 aromatic rings. The van der Waals surface area contributed by atoms with Crippen molar-refractivity contribution in [2.45, 2.75) is 12.6 Å². The number of furan rings is 1. The Hall–Kier alpha value is -2.27. The number of carbonyl (C=O) groups is 1. The minimum Gasteiger partial charge on any atom is -0.467 e. The summed E-state index contributed by atoms with van der Waals surface area (Å²) < 4.78 is 10.5. The zero-order valence-corrected chi connectivity index (χ0v) is 11.3. The van der Waals surface area contributed by atoms with Gasteiger partial charge < -0.3 is 19.8 Å². The molecule has 0 aliphatic heterocycles. The summed E-state index contributed by atoms with van der Waals surface area (Å²) in [4.78, 5) is 11.7. The molecule has 106 valence electrons. The second-order valence-corrected chi connectivity index (χ2v) is 4.29. The average Bonchev–Trinajstić information content (AvgIpc) is 3.01. The smallest absolute Gasteiger partial charge is 0.315 e. The molecule has 0 spiro atoms. The highest BCUT2D eigenvalue weighted by molar-refractivity contribution is 5.73. The highest BCUT2D eigenvalue weighted by Crippen LogP contribution is 2.15. The lowest BCUT2D eigenvalue weighted by atomic mass is 10.2. The Bertz CT molecular complexity index is 511. The van der Waals surface area contributed by atoms with Gasteiger partial charge in [0.2, 0.25) is 0 Å². The van der Waals surface area contributed by atoms with Crippen LogP contribution in [0.2, 0.25) is 0 Å². The van der Waals surface area contributed by atoms with E-state index in [0.29, 0.717) is 18.8 Å². The summed E-state index contributed by atoms with van der Waals surface area (Å²) in [5.41, 5.74) is 1.05. The molecule has 20 heavy (non-hydrogen) atoms. The molecular formula is C15H18N2O3. The topological polar surface area (TPSA) is 63.5 Å². The van der Waals surface area contributed by atoms with Crippen LogP contribution in [-0.4, -0.2) is 19.7 Å². The number of amides is 2. The summed E-state index contributed by atoms with van der Waals surface area (Å²) in [5.74, 6) is 0.691. The molecule has 0 saturated carbocycles. The maximum atomic E-state index is 11.7. The minimum absolute atomic E-state index is 0.234. The zero-order chi connectivity index (χ0) is 14.2. The molecule has 0 saturated heterocycles. The van der Waals surface area contributed by atoms with Crippen molar-refractivity contribution in [2.75, 3.05) is 13.7 Å². The number of rotatable bonds is 6. The SMILES string of the molecule is CO[C@H](CNC(=O)NCc1ccccc1)c1ccco1. The molecule has 2 amide bonds. The van der Waals surface area contributed by atoms with Gasteiger partial charge in [-0.2, -0.15) is 0 Å². The standard InChI is InChI=1S/C15H18N2O3/c1-19-14(13-8-5-9-20-13)11-17-15(18)16-10-12-6-3-2-4-7-12/h2-9,14H,10-11H2,1H3,(H2,16,17,18)/t14-/m1/s1. The summed E-state index contributed by atoms with van der Waals surface area (Å²) in [6.45, 7) is 0.843. The largest absolute Gasteiger partial charge is 0.467 e. The Morgan fingerprint density at radius 3 is 2.65 bits per heavy atom. The fourth-order valence-electron chi connectivity index (χ4n) is 1.80. The van der Waals surface area contributed by atoms with Gasteiger partial charge in [-0.1, -0.05) is 30.3 Å². The van der Waals surface area contributed by atoms with Crippen molar-refractivity contribution >= 4 is 6.03 Å². The van der Waals surface area contributed by atoms with Crippen LogP contribution < -0.4 is 10.6 Å². The second-order valence-electron chi connectivity index (χ2n) is 4.29. The summed E-state index contributed by atoms with van der Waals surface area (Å²) in [7, 11) is 1.58. The van der Waals surface area contributed by atoms with Gasteiger partial charge in [-0.05, 0) is 17.7 Å². The van der Waals surface area contributed by atoms with E-state index in [1.165, 1.54) is 0 Å². The number of urea groups is 1. The first-order chi connectivity index (χ1) is 9.79. The van der Waals surface area contributed by atoms with E-state index in [1.807, 2.05) is 36.4 Å². The van der Waals surface area contributed by atoms with Gasteiger partial charge in [0, 0.05) is 13.7 Å². The zero-order valence-electron chi connectivity index (χ0n) is 11.3. The molecule has 1 heterocycles. The molecule has 1 atom stereocenters. The van der Waals surface area contributed by atoms with Gasteiger partial charge in [0.1, 0.15) is 11.9 Å². The molecule has 0 aliphatic carbocycles. The summed E-state index contributed by atoms with van der Waals surface area (Å²) in [6, 6.07) is 13.1. The number of benzene rings is 1. The van der Waals surface area contributed by atoms with Crippen LogP contribution in [0.5, 0.6) is 0 Å². The highest BCUT2D eigenvalue weighted by Gasteiger charge is 2.14. The van der Waals surface area contributed by atoms with Crippen LogP contribution in [0.3, 0.4) is 0 Å². The molecular weight excluding hydrogens is 256 g/mol. The molecule has 1 aromatic carbocycles. The average molecular weight is 274 g/mol. The number of hydrogen-bond donors (Lipinski definition) is 2. The van der Waals surface area contributed by atoms with Crippen molar-refractivity contribution in [1.82, 2.24) is 10.6 Å². The quantitative estimate of drug-likeness (QED) is 0.850. The molecule has 2 rings (SSSR count). The highest BCUT2D eigenvalue weighted by atomic mass is 16.5. The van der Waals surface area contributed by atoms with Gasteiger partial charge in [0.05, 0.1) is 12.8 Å². The van der Waals surface area contributed by atoms with E-state index in [0.717, 1.165) is 5.56 Å². The van der Waals surface area contributed by atoms with E-state index < -0.39 is 0 Å². The predicted octanol–water partition coefficient (Wildman–Crippen LogP) is 2.47.